The van der Waals surface area contributed by atoms with E-state index in [4.69, 9.17) is 17.3 Å². The third kappa shape index (κ3) is 5.74. The maximum absolute atomic E-state index is 12.8. The molecule has 0 heterocycles. The fraction of sp³-hybridized carbons (Fsp3) is 0.192. The van der Waals surface area contributed by atoms with Crippen LogP contribution in [-0.4, -0.2) is 5.78 Å². The van der Waals surface area contributed by atoms with Gasteiger partial charge >= 0.3 is 0 Å². The monoisotopic (exact) mass is 418 g/mol. The lowest BCUT2D eigenvalue weighted by Crippen LogP contribution is -2.11. The number of hydrogen-bond donors (Lipinski definition) is 2. The molecule has 0 atom stereocenters. The van der Waals surface area contributed by atoms with Crippen molar-refractivity contribution in [2.24, 2.45) is 0 Å². The molecule has 0 aromatic heterocycles. The number of benzene rings is 3. The first-order valence-electron chi connectivity index (χ1n) is 9.94. The van der Waals surface area contributed by atoms with E-state index >= 15 is 0 Å². The molecule has 0 bridgehead atoms. The largest absolute Gasteiger partial charge is 0.397 e. The third-order valence-corrected chi connectivity index (χ3v) is 5.16. The van der Waals surface area contributed by atoms with Gasteiger partial charge in [0.2, 0.25) is 0 Å². The fourth-order valence-corrected chi connectivity index (χ4v) is 3.24. The zero-order chi connectivity index (χ0) is 21.7. The fourth-order valence-electron chi connectivity index (χ4n) is 3.11. The molecule has 3 aromatic rings. The summed E-state index contributed by atoms with van der Waals surface area (Å²) in [5.74, 6) is -0.0880. The number of ketones is 1. The lowest BCUT2D eigenvalue weighted by atomic mass is 9.86. The van der Waals surface area contributed by atoms with E-state index in [1.165, 1.54) is 5.56 Å². The first kappa shape index (κ1) is 21.7. The Morgan fingerprint density at radius 1 is 0.967 bits per heavy atom. The molecule has 0 saturated heterocycles. The minimum absolute atomic E-state index is 0.0880. The van der Waals surface area contributed by atoms with Crippen LogP contribution in [0.15, 0.2) is 84.6 Å². The molecule has 0 unspecified atom stereocenters. The standard InChI is InChI=1S/C26H27ClN2O/c1-26(2,3)20-12-8-18(9-13-20)16-22(29-24-7-5-4-6-23(24)28)17-25(30)19-10-14-21(27)15-11-19/h4-15,17,29H,16,28H2,1-3H3/b22-17-. The number of rotatable bonds is 6. The van der Waals surface area contributed by atoms with Crippen molar-refractivity contribution in [3.63, 3.8) is 0 Å². The number of nitrogen functional groups attached to an aromatic ring is 1. The van der Waals surface area contributed by atoms with Crippen molar-refractivity contribution in [2.45, 2.75) is 32.6 Å². The molecule has 3 aromatic carbocycles. The summed E-state index contributed by atoms with van der Waals surface area (Å²) in [4.78, 5) is 12.8. The van der Waals surface area contributed by atoms with Gasteiger partial charge in [-0.1, -0.05) is 68.8 Å². The second-order valence-electron chi connectivity index (χ2n) is 8.38. The number of para-hydroxylation sites is 2. The van der Waals surface area contributed by atoms with E-state index in [1.54, 1.807) is 30.3 Å². The van der Waals surface area contributed by atoms with Crippen LogP contribution in [0.4, 0.5) is 11.4 Å². The number of nitrogens with two attached hydrogens (primary N) is 1. The summed E-state index contributed by atoms with van der Waals surface area (Å²) >= 11 is 5.95. The highest BCUT2D eigenvalue weighted by atomic mass is 35.5. The van der Waals surface area contributed by atoms with Gasteiger partial charge in [0.25, 0.3) is 0 Å². The first-order chi connectivity index (χ1) is 14.2. The lowest BCUT2D eigenvalue weighted by molar-refractivity contribution is 0.104. The summed E-state index contributed by atoms with van der Waals surface area (Å²) < 4.78 is 0. The molecule has 0 fully saturated rings. The maximum Gasteiger partial charge on any atom is 0.187 e. The highest BCUT2D eigenvalue weighted by molar-refractivity contribution is 6.30. The summed E-state index contributed by atoms with van der Waals surface area (Å²) in [6, 6.07) is 22.9. The van der Waals surface area contributed by atoms with Gasteiger partial charge in [0.05, 0.1) is 11.4 Å². The van der Waals surface area contributed by atoms with Gasteiger partial charge in [-0.3, -0.25) is 4.79 Å². The second kappa shape index (κ2) is 9.19. The molecule has 0 aliphatic rings. The van der Waals surface area contributed by atoms with E-state index in [9.17, 15) is 4.79 Å². The van der Waals surface area contributed by atoms with Gasteiger partial charge in [0, 0.05) is 28.8 Å². The Morgan fingerprint density at radius 2 is 1.60 bits per heavy atom. The molecule has 0 spiro atoms. The van der Waals surface area contributed by atoms with E-state index in [0.717, 1.165) is 16.9 Å². The quantitative estimate of drug-likeness (QED) is 0.268. The molecule has 3 rings (SSSR count). The molecule has 0 saturated carbocycles. The molecule has 0 radical (unpaired) electrons. The predicted octanol–water partition coefficient (Wildman–Crippen LogP) is 6.64. The Hall–Kier alpha value is -3.04. The normalized spacial score (nSPS) is 11.9. The van der Waals surface area contributed by atoms with E-state index in [0.29, 0.717) is 22.7 Å². The van der Waals surface area contributed by atoms with Gasteiger partial charge in [0.15, 0.2) is 5.78 Å². The summed E-state index contributed by atoms with van der Waals surface area (Å²) in [6.07, 6.45) is 2.21. The van der Waals surface area contributed by atoms with Crippen molar-refractivity contribution >= 4 is 28.8 Å². The summed E-state index contributed by atoms with van der Waals surface area (Å²) in [6.45, 7) is 6.58. The maximum atomic E-state index is 12.8. The minimum atomic E-state index is -0.0880. The molecular weight excluding hydrogens is 392 g/mol. The predicted molar refractivity (Wildman–Crippen MR) is 127 cm³/mol. The van der Waals surface area contributed by atoms with Crippen LogP contribution in [0.3, 0.4) is 0 Å². The van der Waals surface area contributed by atoms with Gasteiger partial charge in [-0.25, -0.2) is 0 Å². The molecule has 154 valence electrons. The van der Waals surface area contributed by atoms with Crippen LogP contribution in [-0.2, 0) is 11.8 Å². The van der Waals surface area contributed by atoms with E-state index in [2.05, 4.69) is 50.4 Å². The van der Waals surface area contributed by atoms with Gasteiger partial charge in [-0.2, -0.15) is 0 Å². The van der Waals surface area contributed by atoms with Crippen molar-refractivity contribution in [3.8, 4) is 0 Å². The van der Waals surface area contributed by atoms with Gasteiger partial charge in [-0.15, -0.1) is 0 Å². The highest BCUT2D eigenvalue weighted by Gasteiger charge is 2.14. The van der Waals surface area contributed by atoms with Gasteiger partial charge in [-0.05, 0) is 52.9 Å². The molecule has 3 N–H and O–H groups in total. The number of hydrogen-bond acceptors (Lipinski definition) is 3. The van der Waals surface area contributed by atoms with Crippen LogP contribution < -0.4 is 11.1 Å². The van der Waals surface area contributed by atoms with Crippen LogP contribution in [0.5, 0.6) is 0 Å². The molecule has 3 nitrogen and oxygen atoms in total. The zero-order valence-corrected chi connectivity index (χ0v) is 18.3. The average molecular weight is 419 g/mol. The van der Waals surface area contributed by atoms with Crippen LogP contribution in [0.2, 0.25) is 5.02 Å². The first-order valence-corrected chi connectivity index (χ1v) is 10.3. The molecular formula is C26H27ClN2O. The smallest absolute Gasteiger partial charge is 0.187 e. The number of allylic oxidation sites excluding steroid dienone is 2. The van der Waals surface area contributed by atoms with Crippen LogP contribution in [0.25, 0.3) is 0 Å². The Balaban J connectivity index is 1.89. The molecule has 0 amide bonds. The third-order valence-electron chi connectivity index (χ3n) is 4.90. The van der Waals surface area contributed by atoms with E-state index in [1.807, 2.05) is 24.3 Å². The summed E-state index contributed by atoms with van der Waals surface area (Å²) in [5, 5.41) is 3.94. The van der Waals surface area contributed by atoms with Gasteiger partial charge in [0.1, 0.15) is 0 Å². The number of halogens is 1. The van der Waals surface area contributed by atoms with Crippen LogP contribution in [0.1, 0.15) is 42.3 Å². The second-order valence-corrected chi connectivity index (χ2v) is 8.81. The van der Waals surface area contributed by atoms with E-state index in [-0.39, 0.29) is 11.2 Å². The Kier molecular flexibility index (Phi) is 6.63. The van der Waals surface area contributed by atoms with Crippen molar-refractivity contribution < 1.29 is 4.79 Å². The summed E-state index contributed by atoms with van der Waals surface area (Å²) in [7, 11) is 0. The zero-order valence-electron chi connectivity index (χ0n) is 17.6. The molecule has 30 heavy (non-hydrogen) atoms. The summed E-state index contributed by atoms with van der Waals surface area (Å²) in [5.41, 5.74) is 11.3. The Labute approximate surface area is 183 Å². The minimum Gasteiger partial charge on any atom is -0.397 e. The van der Waals surface area contributed by atoms with Crippen molar-refractivity contribution in [3.05, 3.63) is 106 Å². The van der Waals surface area contributed by atoms with Gasteiger partial charge < -0.3 is 11.1 Å². The topological polar surface area (TPSA) is 55.1 Å². The Bertz CT molecular complexity index is 1050. The van der Waals surface area contributed by atoms with Crippen molar-refractivity contribution in [1.29, 1.82) is 0 Å². The lowest BCUT2D eigenvalue weighted by Gasteiger charge is -2.19. The van der Waals surface area contributed by atoms with Crippen LogP contribution in [0, 0.1) is 0 Å². The molecule has 4 heteroatoms. The SMILES string of the molecule is CC(C)(C)c1ccc(C/C(=C/C(=O)c2ccc(Cl)cc2)Nc2ccccc2N)cc1. The highest BCUT2D eigenvalue weighted by Crippen LogP contribution is 2.24. The van der Waals surface area contributed by atoms with E-state index < -0.39 is 0 Å². The molecule has 0 aliphatic heterocycles. The number of anilines is 2. The molecule has 0 aliphatic carbocycles. The Morgan fingerprint density at radius 3 is 2.20 bits per heavy atom. The van der Waals surface area contributed by atoms with Crippen LogP contribution >= 0.6 is 11.6 Å². The van der Waals surface area contributed by atoms with Crippen molar-refractivity contribution in [2.75, 3.05) is 11.1 Å². The van der Waals surface area contributed by atoms with Crippen molar-refractivity contribution in [1.82, 2.24) is 0 Å². The number of carbonyl (C=O) groups is 1. The number of carbonyl (C=O) groups excluding carboxylic acids is 1. The number of nitrogens with one attached hydrogen (secondary N) is 1. The average Bonchev–Trinajstić information content (AvgIpc) is 2.70.